The molecule has 4 rings (SSSR count). The summed E-state index contributed by atoms with van der Waals surface area (Å²) in [6.45, 7) is 0. The van der Waals surface area contributed by atoms with Crippen LogP contribution in [0, 0.1) is 0 Å². The standard InChI is InChI=1S/C23H25BrClN5O/c1-30(2)21-18-5-3-4-6-20(18)28-23(29-21)27-16-10-8-15(9-11-16)26-22(31)17-12-7-14(24)13-19(17)25/h3-7,12-13,15-16H,8-11H2,1-2H3,(H,26,31)(H,27,28,29)/t15-,16+. The number of benzene rings is 2. The van der Waals surface area contributed by atoms with Gasteiger partial charge in [0, 0.05) is 36.0 Å². The normalized spacial score (nSPS) is 18.6. The van der Waals surface area contributed by atoms with E-state index in [0.717, 1.165) is 46.9 Å². The molecule has 1 aliphatic rings. The quantitative estimate of drug-likeness (QED) is 0.498. The fourth-order valence-corrected chi connectivity index (χ4v) is 4.73. The van der Waals surface area contributed by atoms with Crippen LogP contribution in [0.3, 0.4) is 0 Å². The van der Waals surface area contributed by atoms with Gasteiger partial charge in [0.2, 0.25) is 5.95 Å². The zero-order valence-corrected chi connectivity index (χ0v) is 19.9. The molecule has 0 atom stereocenters. The van der Waals surface area contributed by atoms with Gasteiger partial charge in [0.05, 0.1) is 16.1 Å². The van der Waals surface area contributed by atoms with Crippen LogP contribution in [0.25, 0.3) is 10.9 Å². The van der Waals surface area contributed by atoms with Crippen molar-refractivity contribution in [3.8, 4) is 0 Å². The Morgan fingerprint density at radius 1 is 1.06 bits per heavy atom. The first kappa shape index (κ1) is 21.8. The van der Waals surface area contributed by atoms with Gasteiger partial charge in [-0.1, -0.05) is 39.7 Å². The smallest absolute Gasteiger partial charge is 0.253 e. The fraction of sp³-hybridized carbons (Fsp3) is 0.348. The van der Waals surface area contributed by atoms with Gasteiger partial charge in [-0.15, -0.1) is 0 Å². The second-order valence-corrected chi connectivity index (χ2v) is 9.40. The SMILES string of the molecule is CN(C)c1nc(N[C@H]2CC[C@@H](NC(=O)c3ccc(Br)cc3Cl)CC2)nc2ccccc12. The third-order valence-corrected chi connectivity index (χ3v) is 6.38. The van der Waals surface area contributed by atoms with Gasteiger partial charge in [-0.05, 0) is 56.0 Å². The number of nitrogens with zero attached hydrogens (tertiary/aromatic N) is 3. The highest BCUT2D eigenvalue weighted by molar-refractivity contribution is 9.10. The van der Waals surface area contributed by atoms with Gasteiger partial charge in [0.15, 0.2) is 0 Å². The van der Waals surface area contributed by atoms with Gasteiger partial charge in [0.25, 0.3) is 5.91 Å². The first-order valence-corrected chi connectivity index (χ1v) is 11.5. The molecule has 1 amide bonds. The molecule has 0 saturated heterocycles. The predicted molar refractivity (Wildman–Crippen MR) is 130 cm³/mol. The van der Waals surface area contributed by atoms with Crippen molar-refractivity contribution in [2.45, 2.75) is 37.8 Å². The van der Waals surface area contributed by atoms with Gasteiger partial charge in [-0.25, -0.2) is 4.98 Å². The highest BCUT2D eigenvalue weighted by Crippen LogP contribution is 2.27. The van der Waals surface area contributed by atoms with E-state index in [0.29, 0.717) is 16.5 Å². The first-order valence-electron chi connectivity index (χ1n) is 10.4. The first-order chi connectivity index (χ1) is 14.9. The van der Waals surface area contributed by atoms with Crippen molar-refractivity contribution in [3.63, 3.8) is 0 Å². The van der Waals surface area contributed by atoms with E-state index in [9.17, 15) is 4.79 Å². The lowest BCUT2D eigenvalue weighted by Crippen LogP contribution is -2.40. The summed E-state index contributed by atoms with van der Waals surface area (Å²) in [7, 11) is 3.98. The monoisotopic (exact) mass is 501 g/mol. The topological polar surface area (TPSA) is 70.2 Å². The average Bonchev–Trinajstić information content (AvgIpc) is 2.74. The summed E-state index contributed by atoms with van der Waals surface area (Å²) in [5.74, 6) is 1.43. The van der Waals surface area contributed by atoms with Crippen molar-refractivity contribution < 1.29 is 4.79 Å². The molecule has 0 unspecified atom stereocenters. The number of carbonyl (C=O) groups is 1. The summed E-state index contributed by atoms with van der Waals surface area (Å²) in [4.78, 5) is 24.0. The van der Waals surface area contributed by atoms with Gasteiger partial charge >= 0.3 is 0 Å². The Morgan fingerprint density at radius 2 is 1.77 bits per heavy atom. The largest absolute Gasteiger partial charge is 0.362 e. The van der Waals surface area contributed by atoms with Crippen LogP contribution < -0.4 is 15.5 Å². The van der Waals surface area contributed by atoms with E-state index in [1.165, 1.54) is 0 Å². The summed E-state index contributed by atoms with van der Waals surface area (Å²) in [6.07, 6.45) is 3.66. The predicted octanol–water partition coefficient (Wildman–Crippen LogP) is 5.26. The molecule has 1 aromatic heterocycles. The number of aromatic nitrogens is 2. The average molecular weight is 503 g/mol. The molecule has 1 saturated carbocycles. The minimum Gasteiger partial charge on any atom is -0.362 e. The number of hydrogen-bond donors (Lipinski definition) is 2. The molecule has 0 bridgehead atoms. The summed E-state index contributed by atoms with van der Waals surface area (Å²) in [5, 5.41) is 8.11. The van der Waals surface area contributed by atoms with Crippen LogP contribution in [-0.4, -0.2) is 42.1 Å². The van der Waals surface area contributed by atoms with E-state index in [2.05, 4.69) is 26.6 Å². The van der Waals surface area contributed by atoms with E-state index < -0.39 is 0 Å². The van der Waals surface area contributed by atoms with Crippen molar-refractivity contribution in [3.05, 3.63) is 57.5 Å². The molecule has 31 heavy (non-hydrogen) atoms. The number of fused-ring (bicyclic) bond motifs is 1. The highest BCUT2D eigenvalue weighted by Gasteiger charge is 2.24. The Bertz CT molecular complexity index is 1100. The zero-order valence-electron chi connectivity index (χ0n) is 17.5. The number of anilines is 2. The maximum atomic E-state index is 12.6. The van der Waals surface area contributed by atoms with Gasteiger partial charge in [0.1, 0.15) is 5.82 Å². The van der Waals surface area contributed by atoms with Crippen molar-refractivity contribution in [2.75, 3.05) is 24.3 Å². The number of halogens is 2. The Morgan fingerprint density at radius 3 is 2.48 bits per heavy atom. The molecule has 8 heteroatoms. The number of rotatable bonds is 5. The van der Waals surface area contributed by atoms with Crippen LogP contribution in [0.5, 0.6) is 0 Å². The molecular formula is C23H25BrClN5O. The lowest BCUT2D eigenvalue weighted by atomic mass is 9.91. The fourth-order valence-electron chi connectivity index (χ4n) is 3.97. The minimum atomic E-state index is -0.123. The molecule has 3 aromatic rings. The maximum Gasteiger partial charge on any atom is 0.253 e. The second-order valence-electron chi connectivity index (χ2n) is 8.07. The lowest BCUT2D eigenvalue weighted by Gasteiger charge is -2.30. The van der Waals surface area contributed by atoms with Crippen LogP contribution in [-0.2, 0) is 0 Å². The summed E-state index contributed by atoms with van der Waals surface area (Å²) < 4.78 is 0.856. The van der Waals surface area contributed by atoms with Crippen LogP contribution in [0.4, 0.5) is 11.8 Å². The molecule has 2 aromatic carbocycles. The van der Waals surface area contributed by atoms with Crippen molar-refractivity contribution in [1.82, 2.24) is 15.3 Å². The summed E-state index contributed by atoms with van der Waals surface area (Å²) in [5.41, 5.74) is 1.43. The second kappa shape index (κ2) is 9.40. The molecule has 0 radical (unpaired) electrons. The molecule has 2 N–H and O–H groups in total. The van der Waals surface area contributed by atoms with Crippen LogP contribution in [0.15, 0.2) is 46.9 Å². The molecule has 162 valence electrons. The highest BCUT2D eigenvalue weighted by atomic mass is 79.9. The van der Waals surface area contributed by atoms with Crippen LogP contribution >= 0.6 is 27.5 Å². The van der Waals surface area contributed by atoms with Crippen molar-refractivity contribution in [2.24, 2.45) is 0 Å². The van der Waals surface area contributed by atoms with Gasteiger partial charge in [-0.2, -0.15) is 4.98 Å². The number of hydrogen-bond acceptors (Lipinski definition) is 5. The van der Waals surface area contributed by atoms with E-state index in [1.54, 1.807) is 12.1 Å². The summed E-state index contributed by atoms with van der Waals surface area (Å²) >= 11 is 9.58. The number of carbonyl (C=O) groups excluding carboxylic acids is 1. The van der Waals surface area contributed by atoms with Crippen molar-refractivity contribution in [1.29, 1.82) is 0 Å². The Kier molecular flexibility index (Phi) is 6.62. The molecule has 6 nitrogen and oxygen atoms in total. The van der Waals surface area contributed by atoms with Gasteiger partial charge in [-0.3, -0.25) is 4.79 Å². The number of para-hydroxylation sites is 1. The minimum absolute atomic E-state index is 0.123. The Hall–Kier alpha value is -2.38. The van der Waals surface area contributed by atoms with E-state index in [1.807, 2.05) is 49.3 Å². The molecule has 1 aliphatic carbocycles. The van der Waals surface area contributed by atoms with E-state index in [4.69, 9.17) is 21.6 Å². The van der Waals surface area contributed by atoms with Crippen molar-refractivity contribution >= 4 is 56.1 Å². The maximum absolute atomic E-state index is 12.6. The molecule has 0 aliphatic heterocycles. The van der Waals surface area contributed by atoms with Crippen LogP contribution in [0.2, 0.25) is 5.02 Å². The molecular weight excluding hydrogens is 478 g/mol. The molecule has 1 fully saturated rings. The van der Waals surface area contributed by atoms with Crippen LogP contribution in [0.1, 0.15) is 36.0 Å². The Labute approximate surface area is 195 Å². The Balaban J connectivity index is 1.38. The van der Waals surface area contributed by atoms with E-state index >= 15 is 0 Å². The third kappa shape index (κ3) is 5.10. The summed E-state index contributed by atoms with van der Waals surface area (Å²) in [6, 6.07) is 13.8. The van der Waals surface area contributed by atoms with Gasteiger partial charge < -0.3 is 15.5 Å². The van der Waals surface area contributed by atoms with E-state index in [-0.39, 0.29) is 18.0 Å². The number of nitrogens with one attached hydrogen (secondary N) is 2. The molecule has 0 spiro atoms. The lowest BCUT2D eigenvalue weighted by molar-refractivity contribution is 0.0926. The third-order valence-electron chi connectivity index (χ3n) is 5.58. The zero-order chi connectivity index (χ0) is 22.0. The molecule has 1 heterocycles. The number of amides is 1.